The Labute approximate surface area is 123 Å². The molecule has 0 radical (unpaired) electrons. The second kappa shape index (κ2) is 4.45. The predicted molar refractivity (Wildman–Crippen MR) is 78.1 cm³/mol. The van der Waals surface area contributed by atoms with Crippen LogP contribution in [-0.4, -0.2) is 19.6 Å². The number of anilines is 1. The monoisotopic (exact) mass is 297 g/mol. The van der Waals surface area contributed by atoms with Crippen LogP contribution in [-0.2, 0) is 0 Å². The van der Waals surface area contributed by atoms with Gasteiger partial charge in [-0.3, -0.25) is 0 Å². The molecule has 2 aromatic heterocycles. The van der Waals surface area contributed by atoms with Crippen LogP contribution in [0.1, 0.15) is 0 Å². The molecule has 4 rings (SSSR count). The zero-order chi connectivity index (χ0) is 15.3. The first-order chi connectivity index (χ1) is 10.6. The highest BCUT2D eigenvalue weighted by atomic mass is 19.1. The van der Waals surface area contributed by atoms with Crippen molar-refractivity contribution in [1.29, 1.82) is 0 Å². The van der Waals surface area contributed by atoms with Gasteiger partial charge in [-0.05, 0) is 24.3 Å². The first-order valence-corrected chi connectivity index (χ1v) is 6.50. The van der Waals surface area contributed by atoms with Crippen LogP contribution < -0.4 is 5.73 Å². The van der Waals surface area contributed by atoms with E-state index in [1.807, 2.05) is 0 Å². The van der Waals surface area contributed by atoms with Crippen molar-refractivity contribution in [1.82, 2.24) is 19.6 Å². The van der Waals surface area contributed by atoms with E-state index in [9.17, 15) is 8.78 Å². The number of halogens is 2. The van der Waals surface area contributed by atoms with E-state index in [-0.39, 0.29) is 11.5 Å². The van der Waals surface area contributed by atoms with E-state index in [0.29, 0.717) is 22.4 Å². The maximum atomic E-state index is 13.9. The molecule has 2 heterocycles. The Balaban J connectivity index is 2.07. The quantitative estimate of drug-likeness (QED) is 0.586. The van der Waals surface area contributed by atoms with Crippen molar-refractivity contribution >= 4 is 22.5 Å². The molecule has 0 spiro atoms. The van der Waals surface area contributed by atoms with Crippen LogP contribution in [0.5, 0.6) is 0 Å². The molecular formula is C15H9F2N5. The highest BCUT2D eigenvalue weighted by Gasteiger charge is 2.15. The predicted octanol–water partition coefficient (Wildman–Crippen LogP) is 2.80. The maximum absolute atomic E-state index is 13.9. The molecule has 7 heteroatoms. The Morgan fingerprint density at radius 3 is 2.64 bits per heavy atom. The third kappa shape index (κ3) is 1.79. The van der Waals surface area contributed by atoms with E-state index in [1.54, 1.807) is 24.3 Å². The number of para-hydroxylation sites is 1. The van der Waals surface area contributed by atoms with Gasteiger partial charge in [0, 0.05) is 10.9 Å². The van der Waals surface area contributed by atoms with E-state index in [2.05, 4.69) is 15.1 Å². The number of nitrogens with zero attached hydrogens (tertiary/aromatic N) is 4. The van der Waals surface area contributed by atoms with Crippen LogP contribution in [0, 0.1) is 11.6 Å². The lowest BCUT2D eigenvalue weighted by molar-refractivity contribution is 0.628. The lowest BCUT2D eigenvalue weighted by Gasteiger charge is -2.02. The lowest BCUT2D eigenvalue weighted by atomic mass is 10.2. The van der Waals surface area contributed by atoms with Crippen LogP contribution in [0.3, 0.4) is 0 Å². The highest BCUT2D eigenvalue weighted by Crippen LogP contribution is 2.24. The van der Waals surface area contributed by atoms with Gasteiger partial charge in [0.05, 0.1) is 0 Å². The third-order valence-corrected chi connectivity index (χ3v) is 3.36. The minimum absolute atomic E-state index is 0.0164. The highest BCUT2D eigenvalue weighted by molar-refractivity contribution is 5.93. The van der Waals surface area contributed by atoms with Crippen molar-refractivity contribution in [3.63, 3.8) is 0 Å². The van der Waals surface area contributed by atoms with Crippen molar-refractivity contribution in [3.8, 4) is 11.4 Å². The molecule has 0 fully saturated rings. The summed E-state index contributed by atoms with van der Waals surface area (Å²) in [5.74, 6) is -0.562. The lowest BCUT2D eigenvalue weighted by Crippen LogP contribution is -2.03. The Hall–Kier alpha value is -3.09. The smallest absolute Gasteiger partial charge is 0.223 e. The number of hydrogen-bond acceptors (Lipinski definition) is 4. The Kier molecular flexibility index (Phi) is 2.56. The topological polar surface area (TPSA) is 69.1 Å². The third-order valence-electron chi connectivity index (χ3n) is 3.36. The minimum Gasteiger partial charge on any atom is -0.368 e. The molecule has 5 nitrogen and oxygen atoms in total. The maximum Gasteiger partial charge on any atom is 0.223 e. The largest absolute Gasteiger partial charge is 0.368 e. The first-order valence-electron chi connectivity index (χ1n) is 6.50. The summed E-state index contributed by atoms with van der Waals surface area (Å²) in [5.41, 5.74) is 6.83. The molecule has 0 bridgehead atoms. The standard InChI is InChI=1S/C15H9F2N5/c16-9-4-1-3-8(7-9)13-20-14-10-5-2-6-11(17)12(10)19-15(18)22(14)21-13/h1-7H,(H2,18,19). The van der Waals surface area contributed by atoms with E-state index in [0.717, 1.165) is 0 Å². The molecule has 0 atom stereocenters. The van der Waals surface area contributed by atoms with Crippen LogP contribution in [0.4, 0.5) is 14.7 Å². The summed E-state index contributed by atoms with van der Waals surface area (Å²) in [5, 5.41) is 4.72. The number of nitrogens with two attached hydrogens (primary N) is 1. The molecule has 0 saturated carbocycles. The van der Waals surface area contributed by atoms with Gasteiger partial charge >= 0.3 is 0 Å². The van der Waals surface area contributed by atoms with Gasteiger partial charge < -0.3 is 5.73 Å². The van der Waals surface area contributed by atoms with Crippen molar-refractivity contribution < 1.29 is 8.78 Å². The van der Waals surface area contributed by atoms with E-state index in [1.165, 1.54) is 22.7 Å². The van der Waals surface area contributed by atoms with Gasteiger partial charge in [0.25, 0.3) is 0 Å². The Morgan fingerprint density at radius 1 is 1.00 bits per heavy atom. The van der Waals surface area contributed by atoms with Crippen molar-refractivity contribution in [2.24, 2.45) is 0 Å². The van der Waals surface area contributed by atoms with Gasteiger partial charge in [0.15, 0.2) is 11.5 Å². The molecule has 0 unspecified atom stereocenters. The van der Waals surface area contributed by atoms with Crippen molar-refractivity contribution in [3.05, 3.63) is 54.1 Å². The Bertz CT molecular complexity index is 1030. The van der Waals surface area contributed by atoms with Crippen molar-refractivity contribution in [2.45, 2.75) is 0 Å². The fourth-order valence-corrected chi connectivity index (χ4v) is 2.37. The number of benzene rings is 2. The van der Waals surface area contributed by atoms with Crippen LogP contribution in [0.2, 0.25) is 0 Å². The SMILES string of the molecule is Nc1nc2c(F)cccc2c2nc(-c3cccc(F)c3)nn12. The van der Waals surface area contributed by atoms with Crippen LogP contribution in [0.25, 0.3) is 27.9 Å². The zero-order valence-electron chi connectivity index (χ0n) is 11.2. The average Bonchev–Trinajstić information content (AvgIpc) is 2.95. The minimum atomic E-state index is -0.484. The molecule has 0 aliphatic carbocycles. The zero-order valence-corrected chi connectivity index (χ0v) is 11.2. The molecule has 2 aromatic carbocycles. The fourth-order valence-electron chi connectivity index (χ4n) is 2.37. The van der Waals surface area contributed by atoms with Gasteiger partial charge in [-0.25, -0.2) is 18.7 Å². The molecule has 0 amide bonds. The summed E-state index contributed by atoms with van der Waals surface area (Å²) >= 11 is 0. The van der Waals surface area contributed by atoms with E-state index < -0.39 is 11.6 Å². The molecule has 0 aliphatic rings. The number of rotatable bonds is 1. The molecule has 2 N–H and O–H groups in total. The molecule has 4 aromatic rings. The summed E-state index contributed by atoms with van der Waals surface area (Å²) < 4.78 is 28.5. The summed E-state index contributed by atoms with van der Waals surface area (Å²) in [6, 6.07) is 10.5. The normalized spacial score (nSPS) is 11.4. The number of hydrogen-bond donors (Lipinski definition) is 1. The number of fused-ring (bicyclic) bond motifs is 3. The van der Waals surface area contributed by atoms with Gasteiger partial charge in [0.2, 0.25) is 5.95 Å². The number of aromatic nitrogens is 4. The van der Waals surface area contributed by atoms with Crippen LogP contribution in [0.15, 0.2) is 42.5 Å². The number of nitrogen functional groups attached to an aromatic ring is 1. The average molecular weight is 297 g/mol. The fraction of sp³-hybridized carbons (Fsp3) is 0. The van der Waals surface area contributed by atoms with E-state index in [4.69, 9.17) is 5.73 Å². The summed E-state index contributed by atoms with van der Waals surface area (Å²) in [4.78, 5) is 8.37. The van der Waals surface area contributed by atoms with Gasteiger partial charge in [0.1, 0.15) is 17.2 Å². The van der Waals surface area contributed by atoms with E-state index >= 15 is 0 Å². The Morgan fingerprint density at radius 2 is 1.82 bits per heavy atom. The summed E-state index contributed by atoms with van der Waals surface area (Å²) in [7, 11) is 0. The summed E-state index contributed by atoms with van der Waals surface area (Å²) in [6.07, 6.45) is 0. The molecular weight excluding hydrogens is 288 g/mol. The van der Waals surface area contributed by atoms with Gasteiger partial charge in [-0.15, -0.1) is 5.10 Å². The first kappa shape index (κ1) is 12.6. The molecule has 22 heavy (non-hydrogen) atoms. The summed E-state index contributed by atoms with van der Waals surface area (Å²) in [6.45, 7) is 0. The van der Waals surface area contributed by atoms with Crippen molar-refractivity contribution in [2.75, 3.05) is 5.73 Å². The van der Waals surface area contributed by atoms with Gasteiger partial charge in [-0.2, -0.15) is 4.52 Å². The van der Waals surface area contributed by atoms with Crippen LogP contribution >= 0.6 is 0 Å². The molecule has 0 aliphatic heterocycles. The molecule has 108 valence electrons. The van der Waals surface area contributed by atoms with Gasteiger partial charge in [-0.1, -0.05) is 18.2 Å². The second-order valence-corrected chi connectivity index (χ2v) is 4.79. The second-order valence-electron chi connectivity index (χ2n) is 4.79. The molecule has 0 saturated heterocycles.